The molecule has 0 saturated heterocycles. The molecule has 0 aliphatic heterocycles. The molecule has 1 aromatic carbocycles. The van der Waals surface area contributed by atoms with Gasteiger partial charge in [-0.15, -0.1) is 0 Å². The Labute approximate surface area is 145 Å². The van der Waals surface area contributed by atoms with Crippen LogP contribution in [0.3, 0.4) is 0 Å². The zero-order chi connectivity index (χ0) is 18.4. The van der Waals surface area contributed by atoms with Gasteiger partial charge in [-0.1, -0.05) is 31.2 Å². The first-order chi connectivity index (χ1) is 11.9. The Bertz CT molecular complexity index is 812. The highest BCUT2D eigenvalue weighted by molar-refractivity contribution is 5.89. The lowest BCUT2D eigenvalue weighted by Gasteiger charge is -2.15. The van der Waals surface area contributed by atoms with Crippen molar-refractivity contribution in [3.63, 3.8) is 0 Å². The summed E-state index contributed by atoms with van der Waals surface area (Å²) < 4.78 is 5.96. The minimum atomic E-state index is -0.759. The highest BCUT2D eigenvalue weighted by atomic mass is 16.5. The Kier molecular flexibility index (Phi) is 6.05. The first-order valence-electron chi connectivity index (χ1n) is 8.00. The van der Waals surface area contributed by atoms with Crippen molar-refractivity contribution in [2.45, 2.75) is 26.3 Å². The highest BCUT2D eigenvalue weighted by Gasteiger charge is 2.14. The number of benzene rings is 1. The first-order valence-corrected chi connectivity index (χ1v) is 8.00. The van der Waals surface area contributed by atoms with Crippen molar-refractivity contribution in [1.29, 1.82) is 0 Å². The van der Waals surface area contributed by atoms with Crippen molar-refractivity contribution in [2.75, 3.05) is 6.61 Å². The molecule has 1 unspecified atom stereocenters. The summed E-state index contributed by atoms with van der Waals surface area (Å²) in [5.74, 6) is -1.17. The Morgan fingerprint density at radius 2 is 1.88 bits per heavy atom. The van der Waals surface area contributed by atoms with Crippen molar-refractivity contribution in [3.05, 3.63) is 63.6 Å². The molecule has 25 heavy (non-hydrogen) atoms. The Balaban J connectivity index is 1.87. The van der Waals surface area contributed by atoms with Crippen LogP contribution in [-0.4, -0.2) is 28.3 Å². The van der Waals surface area contributed by atoms with Crippen LogP contribution in [0, 0.1) is 0 Å². The maximum absolute atomic E-state index is 11.9. The van der Waals surface area contributed by atoms with Crippen LogP contribution < -0.4 is 10.9 Å². The normalized spacial score (nSPS) is 11.6. The quantitative estimate of drug-likeness (QED) is 0.800. The van der Waals surface area contributed by atoms with Gasteiger partial charge in [0.15, 0.2) is 12.3 Å². The molecule has 0 aliphatic carbocycles. The maximum Gasteiger partial charge on any atom is 0.359 e. The molecule has 2 aromatic rings. The number of rotatable bonds is 6. The lowest BCUT2D eigenvalue weighted by atomic mass is 10.1. The fourth-order valence-electron chi connectivity index (χ4n) is 2.22. The molecule has 0 aliphatic rings. The van der Waals surface area contributed by atoms with Crippen LogP contribution in [0.5, 0.6) is 0 Å². The van der Waals surface area contributed by atoms with E-state index in [9.17, 15) is 14.4 Å². The summed E-state index contributed by atoms with van der Waals surface area (Å²) in [6, 6.07) is 10.2. The van der Waals surface area contributed by atoms with Crippen LogP contribution in [0.2, 0.25) is 0 Å². The number of esters is 1. The van der Waals surface area contributed by atoms with Crippen LogP contribution in [0.1, 0.15) is 41.5 Å². The number of nitrogens with one attached hydrogen (secondary N) is 1. The number of amides is 1. The van der Waals surface area contributed by atoms with Gasteiger partial charge in [0.05, 0.1) is 6.04 Å². The second-order valence-corrected chi connectivity index (χ2v) is 5.64. The monoisotopic (exact) mass is 343 g/mol. The van der Waals surface area contributed by atoms with Gasteiger partial charge in [-0.2, -0.15) is 5.10 Å². The van der Waals surface area contributed by atoms with Gasteiger partial charge in [0.1, 0.15) is 0 Å². The molecular weight excluding hydrogens is 322 g/mol. The number of hydrogen-bond donors (Lipinski definition) is 1. The smallest absolute Gasteiger partial charge is 0.359 e. The summed E-state index contributed by atoms with van der Waals surface area (Å²) in [4.78, 5) is 35.0. The molecule has 1 amide bonds. The topological polar surface area (TPSA) is 90.3 Å². The van der Waals surface area contributed by atoms with Crippen molar-refractivity contribution in [3.8, 4) is 0 Å². The van der Waals surface area contributed by atoms with E-state index in [0.717, 1.165) is 16.7 Å². The first kappa shape index (κ1) is 18.4. The molecule has 0 spiro atoms. The number of hydrogen-bond acceptors (Lipinski definition) is 5. The van der Waals surface area contributed by atoms with E-state index in [0.29, 0.717) is 0 Å². The van der Waals surface area contributed by atoms with Crippen LogP contribution in [-0.2, 0) is 23.0 Å². The second kappa shape index (κ2) is 8.23. The highest BCUT2D eigenvalue weighted by Crippen LogP contribution is 2.13. The van der Waals surface area contributed by atoms with E-state index in [2.05, 4.69) is 17.3 Å². The molecule has 1 heterocycles. The van der Waals surface area contributed by atoms with E-state index in [-0.39, 0.29) is 17.3 Å². The van der Waals surface area contributed by atoms with E-state index >= 15 is 0 Å². The molecule has 7 nitrogen and oxygen atoms in total. The molecule has 1 aromatic heterocycles. The molecule has 132 valence electrons. The van der Waals surface area contributed by atoms with E-state index in [1.807, 2.05) is 31.2 Å². The predicted octanol–water partition coefficient (Wildman–Crippen LogP) is 1.38. The van der Waals surface area contributed by atoms with Gasteiger partial charge in [-0.3, -0.25) is 9.59 Å². The molecule has 0 radical (unpaired) electrons. The lowest BCUT2D eigenvalue weighted by Crippen LogP contribution is -2.31. The van der Waals surface area contributed by atoms with Gasteiger partial charge in [-0.25, -0.2) is 9.48 Å². The van der Waals surface area contributed by atoms with E-state index in [1.54, 1.807) is 0 Å². The molecular formula is C18H21N3O4. The number of carbonyl (C=O) groups excluding carboxylic acids is 2. The molecule has 1 atom stereocenters. The summed E-state index contributed by atoms with van der Waals surface area (Å²) in [5.41, 5.74) is 1.83. The predicted molar refractivity (Wildman–Crippen MR) is 92.1 cm³/mol. The van der Waals surface area contributed by atoms with E-state index in [1.165, 1.54) is 24.7 Å². The van der Waals surface area contributed by atoms with Crippen LogP contribution >= 0.6 is 0 Å². The lowest BCUT2D eigenvalue weighted by molar-refractivity contribution is -0.124. The largest absolute Gasteiger partial charge is 0.451 e. The average Bonchev–Trinajstić information content (AvgIpc) is 2.62. The van der Waals surface area contributed by atoms with Gasteiger partial charge in [-0.05, 0) is 30.5 Å². The minimum absolute atomic E-state index is 0.0295. The van der Waals surface area contributed by atoms with Gasteiger partial charge in [0.25, 0.3) is 11.5 Å². The summed E-state index contributed by atoms with van der Waals surface area (Å²) in [7, 11) is 1.43. The molecule has 2 rings (SSSR count). The number of carbonyl (C=O) groups is 2. The van der Waals surface area contributed by atoms with Gasteiger partial charge >= 0.3 is 5.97 Å². The van der Waals surface area contributed by atoms with Crippen molar-refractivity contribution in [1.82, 2.24) is 15.1 Å². The van der Waals surface area contributed by atoms with Crippen LogP contribution in [0.25, 0.3) is 0 Å². The number of aromatic nitrogens is 2. The van der Waals surface area contributed by atoms with Crippen molar-refractivity contribution in [2.24, 2.45) is 7.05 Å². The number of aryl methyl sites for hydroxylation is 2. The molecule has 7 heteroatoms. The Morgan fingerprint density at radius 1 is 1.20 bits per heavy atom. The Morgan fingerprint density at radius 3 is 2.48 bits per heavy atom. The second-order valence-electron chi connectivity index (χ2n) is 5.64. The number of ether oxygens (including phenoxy) is 1. The third-order valence-electron chi connectivity index (χ3n) is 3.77. The van der Waals surface area contributed by atoms with Crippen LogP contribution in [0.15, 0.2) is 41.2 Å². The fourth-order valence-corrected chi connectivity index (χ4v) is 2.22. The SMILES string of the molecule is CCc1ccc(C(C)NC(=O)COC(=O)c2ccc(=O)n(C)n2)cc1. The molecule has 0 bridgehead atoms. The summed E-state index contributed by atoms with van der Waals surface area (Å²) >= 11 is 0. The maximum atomic E-state index is 11.9. The summed E-state index contributed by atoms with van der Waals surface area (Å²) in [5, 5.41) is 6.54. The zero-order valence-electron chi connectivity index (χ0n) is 14.5. The molecule has 1 N–H and O–H groups in total. The standard InChI is InChI=1S/C18H21N3O4/c1-4-13-5-7-14(8-6-13)12(2)19-16(22)11-25-18(24)15-9-10-17(23)21(3)20-15/h5-10,12H,4,11H2,1-3H3,(H,19,22). The van der Waals surface area contributed by atoms with Crippen molar-refractivity contribution >= 4 is 11.9 Å². The fraction of sp³-hybridized carbons (Fsp3) is 0.333. The van der Waals surface area contributed by atoms with Crippen molar-refractivity contribution < 1.29 is 14.3 Å². The minimum Gasteiger partial charge on any atom is -0.451 e. The van der Waals surface area contributed by atoms with Gasteiger partial charge in [0.2, 0.25) is 0 Å². The third-order valence-corrected chi connectivity index (χ3v) is 3.77. The molecule has 0 saturated carbocycles. The summed E-state index contributed by atoms with van der Waals surface area (Å²) in [6.45, 7) is 3.52. The van der Waals surface area contributed by atoms with E-state index in [4.69, 9.17) is 4.74 Å². The molecule has 0 fully saturated rings. The van der Waals surface area contributed by atoms with E-state index < -0.39 is 18.5 Å². The number of nitrogens with zero attached hydrogens (tertiary/aromatic N) is 2. The zero-order valence-corrected chi connectivity index (χ0v) is 14.5. The van der Waals surface area contributed by atoms with Gasteiger partial charge in [0, 0.05) is 13.1 Å². The Hall–Kier alpha value is -2.96. The summed E-state index contributed by atoms with van der Waals surface area (Å²) in [6.07, 6.45) is 0.954. The third kappa shape index (κ3) is 5.00. The average molecular weight is 343 g/mol. The van der Waals surface area contributed by atoms with Crippen LogP contribution in [0.4, 0.5) is 0 Å². The van der Waals surface area contributed by atoms with Gasteiger partial charge < -0.3 is 10.1 Å².